The van der Waals surface area contributed by atoms with Crippen molar-refractivity contribution in [2.24, 2.45) is 5.73 Å². The topological polar surface area (TPSA) is 97.5 Å². The molecular weight excluding hydrogens is 472 g/mol. The molecule has 7 nitrogen and oxygen atoms in total. The molecule has 5 rings (SSSR count). The summed E-state index contributed by atoms with van der Waals surface area (Å²) in [6, 6.07) is 15.2. The Kier molecular flexibility index (Phi) is 8.05. The first kappa shape index (κ1) is 24.5. The van der Waals surface area contributed by atoms with E-state index in [4.69, 9.17) is 21.9 Å². The van der Waals surface area contributed by atoms with Crippen molar-refractivity contribution in [2.45, 2.75) is 38.8 Å². The third kappa shape index (κ3) is 5.88. The summed E-state index contributed by atoms with van der Waals surface area (Å²) in [4.78, 5) is 14.9. The molecular formula is C25H29ClN4O3S. The number of nitrogens with two attached hydrogens (primary N) is 1. The van der Waals surface area contributed by atoms with Crippen molar-refractivity contribution in [3.63, 3.8) is 0 Å². The molecule has 0 aliphatic carbocycles. The molecule has 0 spiro atoms. The summed E-state index contributed by atoms with van der Waals surface area (Å²) in [6.07, 6.45) is 3.66. The molecule has 1 aromatic carbocycles. The van der Waals surface area contributed by atoms with Crippen LogP contribution in [0.4, 0.5) is 0 Å². The number of carboxylic acids is 1. The van der Waals surface area contributed by atoms with Gasteiger partial charge in [0.25, 0.3) is 0 Å². The van der Waals surface area contributed by atoms with E-state index < -0.39 is 5.97 Å². The van der Waals surface area contributed by atoms with Crippen molar-refractivity contribution in [1.29, 1.82) is 0 Å². The van der Waals surface area contributed by atoms with Crippen LogP contribution < -0.4 is 5.73 Å². The molecule has 1 fully saturated rings. The Hall–Kier alpha value is -2.65. The van der Waals surface area contributed by atoms with Crippen LogP contribution in [-0.4, -0.2) is 51.4 Å². The zero-order valence-corrected chi connectivity index (χ0v) is 20.7. The molecule has 4 aromatic rings. The number of benzene rings is 1. The molecule has 0 bridgehead atoms. The zero-order chi connectivity index (χ0) is 24.1. The SMILES string of the molecule is CCCN1CCC(N)CC1.O=C(O)c1cc2ccccc2n1Cc1cc(-c2ccc(Cl)s2)on1. The van der Waals surface area contributed by atoms with E-state index in [0.717, 1.165) is 15.8 Å². The quantitative estimate of drug-likeness (QED) is 0.359. The van der Waals surface area contributed by atoms with Crippen molar-refractivity contribution in [3.05, 3.63) is 64.3 Å². The molecule has 1 aliphatic heterocycles. The summed E-state index contributed by atoms with van der Waals surface area (Å²) in [5.74, 6) is -0.352. The van der Waals surface area contributed by atoms with Gasteiger partial charge in [0.05, 0.1) is 15.8 Å². The van der Waals surface area contributed by atoms with E-state index >= 15 is 0 Å². The molecule has 1 aliphatic rings. The second-order valence-corrected chi connectivity index (χ2v) is 10.2. The number of hydrogen-bond donors (Lipinski definition) is 2. The minimum atomic E-state index is -0.972. The first-order valence-corrected chi connectivity index (χ1v) is 12.6. The summed E-state index contributed by atoms with van der Waals surface area (Å²) in [6.45, 7) is 6.24. The van der Waals surface area contributed by atoms with Crippen LogP contribution in [0, 0.1) is 0 Å². The van der Waals surface area contributed by atoms with Crippen LogP contribution in [0.5, 0.6) is 0 Å². The molecule has 3 N–H and O–H groups in total. The Bertz CT molecular complexity index is 1240. The molecule has 3 aromatic heterocycles. The lowest BCUT2D eigenvalue weighted by Gasteiger charge is -2.29. The summed E-state index contributed by atoms with van der Waals surface area (Å²) >= 11 is 7.34. The van der Waals surface area contributed by atoms with E-state index in [1.54, 1.807) is 16.7 Å². The van der Waals surface area contributed by atoms with Crippen LogP contribution in [0.15, 0.2) is 53.1 Å². The predicted octanol–water partition coefficient (Wildman–Crippen LogP) is 5.58. The molecule has 4 heterocycles. The van der Waals surface area contributed by atoms with E-state index in [-0.39, 0.29) is 5.69 Å². The standard InChI is InChI=1S/C17H11ClN2O3S.C8H18N2/c18-16-6-5-15(24-16)14-8-11(19-23-14)9-20-12-4-2-1-3-10(12)7-13(20)17(21)22;1-2-5-10-6-3-8(9)4-7-10/h1-8H,9H2,(H,21,22);8H,2-7,9H2,1H3. The minimum Gasteiger partial charge on any atom is -0.477 e. The lowest BCUT2D eigenvalue weighted by atomic mass is 10.1. The van der Waals surface area contributed by atoms with E-state index in [2.05, 4.69) is 17.0 Å². The molecule has 34 heavy (non-hydrogen) atoms. The highest BCUT2D eigenvalue weighted by Gasteiger charge is 2.17. The van der Waals surface area contributed by atoms with Gasteiger partial charge in [-0.2, -0.15) is 0 Å². The second-order valence-electron chi connectivity index (χ2n) is 8.45. The molecule has 0 atom stereocenters. The van der Waals surface area contributed by atoms with Gasteiger partial charge in [-0.3, -0.25) is 0 Å². The largest absolute Gasteiger partial charge is 0.477 e. The zero-order valence-electron chi connectivity index (χ0n) is 19.1. The van der Waals surface area contributed by atoms with Gasteiger partial charge in [-0.1, -0.05) is 41.9 Å². The smallest absolute Gasteiger partial charge is 0.352 e. The van der Waals surface area contributed by atoms with Crippen molar-refractivity contribution < 1.29 is 14.4 Å². The average Bonchev–Trinajstić information content (AvgIpc) is 3.55. The maximum Gasteiger partial charge on any atom is 0.352 e. The first-order chi connectivity index (χ1) is 16.4. The van der Waals surface area contributed by atoms with Crippen LogP contribution in [0.1, 0.15) is 42.4 Å². The maximum absolute atomic E-state index is 11.5. The number of fused-ring (bicyclic) bond motifs is 1. The Morgan fingerprint density at radius 1 is 1.24 bits per heavy atom. The van der Waals surface area contributed by atoms with Crippen LogP contribution in [0.3, 0.4) is 0 Å². The minimum absolute atomic E-state index is 0.222. The molecule has 0 saturated carbocycles. The maximum atomic E-state index is 11.5. The highest BCUT2D eigenvalue weighted by atomic mass is 35.5. The number of thiophene rings is 1. The van der Waals surface area contributed by atoms with Crippen LogP contribution in [0.2, 0.25) is 4.34 Å². The number of carboxylic acid groups (broad SMARTS) is 1. The van der Waals surface area contributed by atoms with Crippen molar-refractivity contribution in [1.82, 2.24) is 14.6 Å². The number of aromatic carboxylic acids is 1. The van der Waals surface area contributed by atoms with Crippen molar-refractivity contribution >= 4 is 39.8 Å². The highest BCUT2D eigenvalue weighted by Crippen LogP contribution is 2.31. The highest BCUT2D eigenvalue weighted by molar-refractivity contribution is 7.19. The molecule has 0 unspecified atom stereocenters. The Labute approximate surface area is 207 Å². The Balaban J connectivity index is 0.000000231. The summed E-state index contributed by atoms with van der Waals surface area (Å²) in [7, 11) is 0. The van der Waals surface area contributed by atoms with Crippen LogP contribution in [0.25, 0.3) is 21.5 Å². The van der Waals surface area contributed by atoms with E-state index in [9.17, 15) is 9.90 Å². The van der Waals surface area contributed by atoms with Gasteiger partial charge in [0.2, 0.25) is 0 Å². The first-order valence-electron chi connectivity index (χ1n) is 11.5. The third-order valence-electron chi connectivity index (χ3n) is 5.90. The Morgan fingerprint density at radius 3 is 2.68 bits per heavy atom. The second kappa shape index (κ2) is 11.2. The summed E-state index contributed by atoms with van der Waals surface area (Å²) in [5, 5.41) is 14.4. The number of likely N-dealkylation sites (tertiary alicyclic amines) is 1. The fourth-order valence-electron chi connectivity index (χ4n) is 4.16. The molecule has 180 valence electrons. The van der Waals surface area contributed by atoms with E-state index in [1.807, 2.05) is 36.4 Å². The average molecular weight is 501 g/mol. The van der Waals surface area contributed by atoms with Gasteiger partial charge in [0.15, 0.2) is 5.76 Å². The molecule has 0 amide bonds. The van der Waals surface area contributed by atoms with E-state index in [0.29, 0.717) is 28.4 Å². The van der Waals surface area contributed by atoms with Crippen LogP contribution >= 0.6 is 22.9 Å². The van der Waals surface area contributed by atoms with Crippen molar-refractivity contribution in [2.75, 3.05) is 19.6 Å². The molecule has 0 radical (unpaired) electrons. The van der Waals surface area contributed by atoms with Gasteiger partial charge < -0.3 is 24.8 Å². The number of para-hydroxylation sites is 1. The number of piperidine rings is 1. The normalized spacial score (nSPS) is 14.8. The number of halogens is 1. The summed E-state index contributed by atoms with van der Waals surface area (Å²) in [5.41, 5.74) is 7.49. The number of nitrogens with zero attached hydrogens (tertiary/aromatic N) is 3. The number of aromatic nitrogens is 2. The predicted molar refractivity (Wildman–Crippen MR) is 137 cm³/mol. The molecule has 9 heteroatoms. The summed E-state index contributed by atoms with van der Waals surface area (Å²) < 4.78 is 7.76. The number of rotatable bonds is 6. The van der Waals surface area contributed by atoms with Gasteiger partial charge in [-0.05, 0) is 63.2 Å². The number of hydrogen-bond acceptors (Lipinski definition) is 6. The van der Waals surface area contributed by atoms with Gasteiger partial charge in [0.1, 0.15) is 11.4 Å². The lowest BCUT2D eigenvalue weighted by Crippen LogP contribution is -2.39. The van der Waals surface area contributed by atoms with Gasteiger partial charge in [-0.15, -0.1) is 11.3 Å². The van der Waals surface area contributed by atoms with Crippen LogP contribution in [-0.2, 0) is 6.54 Å². The van der Waals surface area contributed by atoms with E-state index in [1.165, 1.54) is 50.2 Å². The molecule has 1 saturated heterocycles. The fraction of sp³-hybridized carbons (Fsp3) is 0.360. The van der Waals surface area contributed by atoms with Crippen molar-refractivity contribution in [3.8, 4) is 10.6 Å². The lowest BCUT2D eigenvalue weighted by molar-refractivity contribution is 0.0686. The van der Waals surface area contributed by atoms with Gasteiger partial charge >= 0.3 is 5.97 Å². The van der Waals surface area contributed by atoms with Gasteiger partial charge in [0, 0.05) is 23.0 Å². The Morgan fingerprint density at radius 2 is 2.00 bits per heavy atom. The monoisotopic (exact) mass is 500 g/mol. The van der Waals surface area contributed by atoms with Gasteiger partial charge in [-0.25, -0.2) is 4.79 Å². The fourth-order valence-corrected chi connectivity index (χ4v) is 5.15. The third-order valence-corrected chi connectivity index (χ3v) is 7.14. The number of carbonyl (C=O) groups is 1.